The predicted molar refractivity (Wildman–Crippen MR) is 107 cm³/mol. The van der Waals surface area contributed by atoms with E-state index in [0.717, 1.165) is 42.9 Å². The summed E-state index contributed by atoms with van der Waals surface area (Å²) in [5.74, 6) is 0.201. The van der Waals surface area contributed by atoms with Gasteiger partial charge < -0.3 is 9.80 Å². The Hall–Kier alpha value is -2.77. The maximum absolute atomic E-state index is 13.1. The number of hydrogen-bond donors (Lipinski definition) is 0. The van der Waals surface area contributed by atoms with Crippen LogP contribution in [0, 0.1) is 19.3 Å². The van der Waals surface area contributed by atoms with Crippen molar-refractivity contribution in [2.45, 2.75) is 46.1 Å². The molecule has 0 N–H and O–H groups in total. The van der Waals surface area contributed by atoms with Gasteiger partial charge in [-0.15, -0.1) is 0 Å². The smallest absolute Gasteiger partial charge is 0.257 e. The molecule has 0 radical (unpaired) electrons. The summed E-state index contributed by atoms with van der Waals surface area (Å²) >= 11 is 0. The summed E-state index contributed by atoms with van der Waals surface area (Å²) in [6.07, 6.45) is 8.61. The number of likely N-dealkylation sites (tertiary alicyclic amines) is 2. The Labute approximate surface area is 170 Å². The van der Waals surface area contributed by atoms with Crippen LogP contribution in [0.2, 0.25) is 0 Å². The van der Waals surface area contributed by atoms with Crippen LogP contribution in [0.3, 0.4) is 0 Å². The Morgan fingerprint density at radius 3 is 2.69 bits per heavy atom. The number of nitrogens with zero attached hydrogens (tertiary/aromatic N) is 6. The van der Waals surface area contributed by atoms with Gasteiger partial charge in [-0.2, -0.15) is 5.10 Å². The Morgan fingerprint density at radius 2 is 2.00 bits per heavy atom. The quantitative estimate of drug-likeness (QED) is 0.791. The summed E-state index contributed by atoms with van der Waals surface area (Å²) in [6, 6.07) is 0. The van der Waals surface area contributed by atoms with Crippen molar-refractivity contribution in [3.05, 3.63) is 41.2 Å². The maximum Gasteiger partial charge on any atom is 0.257 e. The molecule has 0 saturated carbocycles. The van der Waals surface area contributed by atoms with Crippen LogP contribution >= 0.6 is 0 Å². The first kappa shape index (κ1) is 19.5. The van der Waals surface area contributed by atoms with Crippen molar-refractivity contribution in [3.63, 3.8) is 0 Å². The zero-order valence-electron chi connectivity index (χ0n) is 17.4. The third-order valence-corrected chi connectivity index (χ3v) is 6.13. The average Bonchev–Trinajstić information content (AvgIpc) is 3.04. The number of aromatic nitrogens is 4. The minimum absolute atomic E-state index is 0.0440. The lowest BCUT2D eigenvalue weighted by Gasteiger charge is -2.48. The highest BCUT2D eigenvalue weighted by atomic mass is 16.2. The second-order valence-electron chi connectivity index (χ2n) is 8.53. The lowest BCUT2D eigenvalue weighted by Crippen LogP contribution is -2.54. The molecule has 4 heterocycles. The summed E-state index contributed by atoms with van der Waals surface area (Å²) < 4.78 is 1.69. The monoisotopic (exact) mass is 396 g/mol. The molecule has 2 aliphatic rings. The molecule has 2 aliphatic heterocycles. The first-order valence-electron chi connectivity index (χ1n) is 10.2. The van der Waals surface area contributed by atoms with E-state index in [2.05, 4.69) is 15.1 Å². The van der Waals surface area contributed by atoms with Gasteiger partial charge in [0.2, 0.25) is 5.91 Å². The molecule has 8 heteroatoms. The molecule has 0 bridgehead atoms. The normalized spacial score (nSPS) is 22.4. The molecule has 2 amide bonds. The Balaban J connectivity index is 1.49. The van der Waals surface area contributed by atoms with Crippen molar-refractivity contribution in [2.24, 2.45) is 12.5 Å². The minimum atomic E-state index is -0.0456. The molecule has 4 rings (SSSR count). The van der Waals surface area contributed by atoms with Crippen LogP contribution in [-0.4, -0.2) is 61.0 Å². The van der Waals surface area contributed by atoms with Crippen molar-refractivity contribution in [3.8, 4) is 0 Å². The third kappa shape index (κ3) is 4.02. The van der Waals surface area contributed by atoms with Crippen LogP contribution in [0.5, 0.6) is 0 Å². The van der Waals surface area contributed by atoms with Crippen molar-refractivity contribution in [2.75, 3.05) is 19.6 Å². The van der Waals surface area contributed by atoms with E-state index in [4.69, 9.17) is 0 Å². The van der Waals surface area contributed by atoms with Gasteiger partial charge in [-0.1, -0.05) is 0 Å². The zero-order valence-corrected chi connectivity index (χ0v) is 17.4. The van der Waals surface area contributed by atoms with Crippen molar-refractivity contribution in [1.29, 1.82) is 0 Å². The second kappa shape index (κ2) is 7.57. The number of rotatable bonds is 3. The Bertz CT molecular complexity index is 922. The van der Waals surface area contributed by atoms with Gasteiger partial charge in [-0.3, -0.25) is 24.2 Å². The highest BCUT2D eigenvalue weighted by Crippen LogP contribution is 2.39. The molecule has 0 aliphatic carbocycles. The predicted octanol–water partition coefficient (Wildman–Crippen LogP) is 1.87. The Morgan fingerprint density at radius 1 is 1.17 bits per heavy atom. The Kier molecular flexibility index (Phi) is 5.10. The van der Waals surface area contributed by atoms with E-state index >= 15 is 0 Å². The molecule has 29 heavy (non-hydrogen) atoms. The fourth-order valence-corrected chi connectivity index (χ4v) is 4.64. The lowest BCUT2D eigenvalue weighted by molar-refractivity contribution is -0.139. The maximum atomic E-state index is 13.1. The summed E-state index contributed by atoms with van der Waals surface area (Å²) in [4.78, 5) is 38.2. The van der Waals surface area contributed by atoms with Crippen LogP contribution < -0.4 is 0 Å². The molecule has 154 valence electrons. The van der Waals surface area contributed by atoms with E-state index in [1.807, 2.05) is 30.7 Å². The molecule has 0 unspecified atom stereocenters. The van der Waals surface area contributed by atoms with Gasteiger partial charge in [-0.05, 0) is 33.1 Å². The summed E-state index contributed by atoms with van der Waals surface area (Å²) in [7, 11) is 1.83. The van der Waals surface area contributed by atoms with Gasteiger partial charge in [0.25, 0.3) is 5.91 Å². The molecule has 1 spiro atoms. The molecular formula is C21H28N6O2. The molecule has 2 saturated heterocycles. The molecule has 2 aromatic rings. The van der Waals surface area contributed by atoms with Gasteiger partial charge in [0.1, 0.15) is 0 Å². The van der Waals surface area contributed by atoms with Gasteiger partial charge in [0.15, 0.2) is 0 Å². The van der Waals surface area contributed by atoms with Crippen LogP contribution in [0.1, 0.15) is 53.1 Å². The van der Waals surface area contributed by atoms with E-state index < -0.39 is 0 Å². The summed E-state index contributed by atoms with van der Waals surface area (Å²) in [5.41, 5.74) is 3.05. The van der Waals surface area contributed by atoms with Gasteiger partial charge in [0, 0.05) is 50.9 Å². The minimum Gasteiger partial charge on any atom is -0.338 e. The van der Waals surface area contributed by atoms with Crippen LogP contribution in [0.15, 0.2) is 18.6 Å². The van der Waals surface area contributed by atoms with Gasteiger partial charge in [0.05, 0.1) is 35.4 Å². The topological polar surface area (TPSA) is 84.2 Å². The van der Waals surface area contributed by atoms with E-state index in [9.17, 15) is 9.59 Å². The van der Waals surface area contributed by atoms with Gasteiger partial charge in [-0.25, -0.2) is 0 Å². The number of hydrogen-bond acceptors (Lipinski definition) is 5. The lowest BCUT2D eigenvalue weighted by atomic mass is 9.73. The third-order valence-electron chi connectivity index (χ3n) is 6.13. The molecular weight excluding hydrogens is 368 g/mol. The van der Waals surface area contributed by atoms with E-state index in [1.165, 1.54) is 0 Å². The molecule has 2 aromatic heterocycles. The fourth-order valence-electron chi connectivity index (χ4n) is 4.64. The molecule has 0 aromatic carbocycles. The van der Waals surface area contributed by atoms with E-state index in [-0.39, 0.29) is 17.2 Å². The highest BCUT2D eigenvalue weighted by molar-refractivity contribution is 5.95. The largest absolute Gasteiger partial charge is 0.338 e. The molecule has 2 fully saturated rings. The van der Waals surface area contributed by atoms with E-state index in [1.54, 1.807) is 23.3 Å². The average molecular weight is 396 g/mol. The molecule has 8 nitrogen and oxygen atoms in total. The standard InChI is InChI=1S/C21H28N6O2/c1-15-9-23-17(10-22-15)11-27-14-21(7-5-19(27)28)6-4-8-26(13-21)20(29)18-12-25(3)24-16(18)2/h9-10,12H,4-8,11,13-14H2,1-3H3/t21-/m0/s1. The highest BCUT2D eigenvalue weighted by Gasteiger charge is 2.43. The number of amides is 2. The van der Waals surface area contributed by atoms with Crippen LogP contribution in [0.25, 0.3) is 0 Å². The van der Waals surface area contributed by atoms with E-state index in [0.29, 0.717) is 31.6 Å². The van der Waals surface area contributed by atoms with Crippen LogP contribution in [-0.2, 0) is 18.4 Å². The van der Waals surface area contributed by atoms with Gasteiger partial charge >= 0.3 is 0 Å². The van der Waals surface area contributed by atoms with Crippen LogP contribution in [0.4, 0.5) is 0 Å². The fraction of sp³-hybridized carbons (Fsp3) is 0.571. The summed E-state index contributed by atoms with van der Waals surface area (Å²) in [5, 5.41) is 4.31. The van der Waals surface area contributed by atoms with Crippen molar-refractivity contribution >= 4 is 11.8 Å². The molecule has 1 atom stereocenters. The number of piperidine rings is 2. The number of carbonyl (C=O) groups excluding carboxylic acids is 2. The zero-order chi connectivity index (χ0) is 20.6. The number of aryl methyl sites for hydroxylation is 3. The first-order chi connectivity index (χ1) is 13.8. The second-order valence-corrected chi connectivity index (χ2v) is 8.53. The first-order valence-corrected chi connectivity index (χ1v) is 10.2. The number of carbonyl (C=O) groups is 2. The SMILES string of the molecule is Cc1cnc(CN2C[C@@]3(CCCN(C(=O)c4cn(C)nc4C)C3)CCC2=O)cn1. The van der Waals surface area contributed by atoms with Crippen molar-refractivity contribution in [1.82, 2.24) is 29.5 Å². The summed E-state index contributed by atoms with van der Waals surface area (Å²) in [6.45, 7) is 6.35. The van der Waals surface area contributed by atoms with Crippen molar-refractivity contribution < 1.29 is 9.59 Å².